The van der Waals surface area contributed by atoms with E-state index in [0.717, 1.165) is 17.5 Å². The van der Waals surface area contributed by atoms with Gasteiger partial charge in [-0.1, -0.05) is 12.1 Å². The van der Waals surface area contributed by atoms with Crippen LogP contribution in [0.2, 0.25) is 0 Å². The topological polar surface area (TPSA) is 46.3 Å². The van der Waals surface area contributed by atoms with E-state index >= 15 is 0 Å². The zero-order valence-electron chi connectivity index (χ0n) is 11.2. The summed E-state index contributed by atoms with van der Waals surface area (Å²) in [6, 6.07) is 9.87. The van der Waals surface area contributed by atoms with E-state index in [1.165, 1.54) is 12.1 Å². The van der Waals surface area contributed by atoms with E-state index in [-0.39, 0.29) is 11.7 Å². The Morgan fingerprint density at radius 3 is 2.90 bits per heavy atom. The molecule has 0 atom stereocenters. The molecule has 1 amide bonds. The molecule has 1 heterocycles. The first kappa shape index (κ1) is 12.7. The molecular weight excluding hydrogens is 255 g/mol. The van der Waals surface area contributed by atoms with Gasteiger partial charge in [-0.15, -0.1) is 0 Å². The predicted molar refractivity (Wildman–Crippen MR) is 77.4 cm³/mol. The van der Waals surface area contributed by atoms with Crippen LogP contribution >= 0.6 is 0 Å². The molecule has 1 aliphatic rings. The van der Waals surface area contributed by atoms with Crippen molar-refractivity contribution in [2.45, 2.75) is 13.3 Å². The lowest BCUT2D eigenvalue weighted by atomic mass is 10.1. The van der Waals surface area contributed by atoms with Crippen LogP contribution in [0.1, 0.15) is 21.5 Å². The van der Waals surface area contributed by atoms with E-state index in [1.54, 1.807) is 29.2 Å². The van der Waals surface area contributed by atoms with Crippen molar-refractivity contribution < 1.29 is 9.18 Å². The van der Waals surface area contributed by atoms with Gasteiger partial charge in [0, 0.05) is 17.8 Å². The third kappa shape index (κ3) is 1.93. The van der Waals surface area contributed by atoms with Gasteiger partial charge in [-0.25, -0.2) is 4.39 Å². The molecule has 1 aliphatic heterocycles. The number of carbonyl (C=O) groups excluding carboxylic acids is 1. The fraction of sp³-hybridized carbons (Fsp3) is 0.188. The minimum atomic E-state index is -0.326. The molecule has 20 heavy (non-hydrogen) atoms. The Morgan fingerprint density at radius 2 is 2.10 bits per heavy atom. The summed E-state index contributed by atoms with van der Waals surface area (Å²) >= 11 is 0. The van der Waals surface area contributed by atoms with Gasteiger partial charge in [0.2, 0.25) is 0 Å². The number of carbonyl (C=O) groups is 1. The molecule has 102 valence electrons. The molecule has 3 rings (SSSR count). The molecule has 2 N–H and O–H groups in total. The summed E-state index contributed by atoms with van der Waals surface area (Å²) in [5, 5.41) is 0. The molecule has 0 saturated heterocycles. The van der Waals surface area contributed by atoms with Crippen LogP contribution in [0, 0.1) is 12.7 Å². The lowest BCUT2D eigenvalue weighted by Crippen LogP contribution is -2.29. The minimum absolute atomic E-state index is 0.126. The first-order valence-corrected chi connectivity index (χ1v) is 6.53. The SMILES string of the molecule is Cc1c(N)cccc1C(=O)N1CCc2ccc(F)cc21. The summed E-state index contributed by atoms with van der Waals surface area (Å²) < 4.78 is 13.4. The Kier molecular flexibility index (Phi) is 2.93. The van der Waals surface area contributed by atoms with Crippen LogP contribution in [0.5, 0.6) is 0 Å². The Bertz CT molecular complexity index is 697. The lowest BCUT2D eigenvalue weighted by Gasteiger charge is -2.19. The van der Waals surface area contributed by atoms with E-state index in [9.17, 15) is 9.18 Å². The number of amides is 1. The van der Waals surface area contributed by atoms with Gasteiger partial charge in [-0.3, -0.25) is 4.79 Å². The monoisotopic (exact) mass is 270 g/mol. The van der Waals surface area contributed by atoms with E-state index in [2.05, 4.69) is 0 Å². The molecule has 4 heteroatoms. The van der Waals surface area contributed by atoms with Crippen LogP contribution in [-0.4, -0.2) is 12.5 Å². The van der Waals surface area contributed by atoms with E-state index in [0.29, 0.717) is 23.5 Å². The quantitative estimate of drug-likeness (QED) is 0.810. The highest BCUT2D eigenvalue weighted by molar-refractivity contribution is 6.08. The van der Waals surface area contributed by atoms with Crippen molar-refractivity contribution >= 4 is 17.3 Å². The van der Waals surface area contributed by atoms with Crippen LogP contribution < -0.4 is 10.6 Å². The van der Waals surface area contributed by atoms with Crippen LogP contribution in [0.25, 0.3) is 0 Å². The minimum Gasteiger partial charge on any atom is -0.398 e. The van der Waals surface area contributed by atoms with Crippen molar-refractivity contribution in [3.05, 3.63) is 58.9 Å². The van der Waals surface area contributed by atoms with Gasteiger partial charge in [0.05, 0.1) is 5.69 Å². The van der Waals surface area contributed by atoms with Crippen molar-refractivity contribution in [3.63, 3.8) is 0 Å². The molecule has 0 saturated carbocycles. The van der Waals surface area contributed by atoms with Crippen molar-refractivity contribution in [1.29, 1.82) is 0 Å². The number of hydrogen-bond acceptors (Lipinski definition) is 2. The molecule has 0 spiro atoms. The van der Waals surface area contributed by atoms with Gasteiger partial charge in [0.25, 0.3) is 5.91 Å². The summed E-state index contributed by atoms with van der Waals surface area (Å²) in [6.45, 7) is 2.40. The number of fused-ring (bicyclic) bond motifs is 1. The van der Waals surface area contributed by atoms with Crippen LogP contribution in [0.15, 0.2) is 36.4 Å². The number of nitrogen functional groups attached to an aromatic ring is 1. The third-order valence-corrected chi connectivity index (χ3v) is 3.79. The molecule has 0 aromatic heterocycles. The summed E-state index contributed by atoms with van der Waals surface area (Å²) in [7, 11) is 0. The molecule has 0 bridgehead atoms. The Hall–Kier alpha value is -2.36. The van der Waals surface area contributed by atoms with Gasteiger partial charge in [0.1, 0.15) is 5.82 Å². The van der Waals surface area contributed by atoms with E-state index < -0.39 is 0 Å². The fourth-order valence-electron chi connectivity index (χ4n) is 2.59. The molecule has 2 aromatic rings. The molecule has 3 nitrogen and oxygen atoms in total. The number of nitrogens with zero attached hydrogens (tertiary/aromatic N) is 1. The van der Waals surface area contributed by atoms with Crippen LogP contribution in [-0.2, 0) is 6.42 Å². The highest BCUT2D eigenvalue weighted by Gasteiger charge is 2.27. The average molecular weight is 270 g/mol. The normalized spacial score (nSPS) is 13.4. The largest absolute Gasteiger partial charge is 0.398 e. The van der Waals surface area contributed by atoms with Gasteiger partial charge < -0.3 is 10.6 Å². The van der Waals surface area contributed by atoms with Crippen molar-refractivity contribution in [1.82, 2.24) is 0 Å². The highest BCUT2D eigenvalue weighted by Crippen LogP contribution is 2.31. The summed E-state index contributed by atoms with van der Waals surface area (Å²) in [6.07, 6.45) is 0.753. The van der Waals surface area contributed by atoms with Crippen LogP contribution in [0.4, 0.5) is 15.8 Å². The van der Waals surface area contributed by atoms with Crippen molar-refractivity contribution in [2.75, 3.05) is 17.2 Å². The number of nitrogens with two attached hydrogens (primary N) is 1. The zero-order chi connectivity index (χ0) is 14.3. The summed E-state index contributed by atoms with van der Waals surface area (Å²) in [4.78, 5) is 14.3. The number of halogens is 1. The second-order valence-electron chi connectivity index (χ2n) is 5.00. The molecule has 2 aromatic carbocycles. The fourth-order valence-corrected chi connectivity index (χ4v) is 2.59. The smallest absolute Gasteiger partial charge is 0.258 e. The van der Waals surface area contributed by atoms with Gasteiger partial charge in [-0.05, 0) is 48.7 Å². The maximum absolute atomic E-state index is 13.4. The number of benzene rings is 2. The first-order valence-electron chi connectivity index (χ1n) is 6.53. The molecule has 0 aliphatic carbocycles. The van der Waals surface area contributed by atoms with Gasteiger partial charge in [0.15, 0.2) is 0 Å². The maximum Gasteiger partial charge on any atom is 0.258 e. The Morgan fingerprint density at radius 1 is 1.30 bits per heavy atom. The molecule has 0 fully saturated rings. The van der Waals surface area contributed by atoms with E-state index in [4.69, 9.17) is 5.73 Å². The van der Waals surface area contributed by atoms with E-state index in [1.807, 2.05) is 6.92 Å². The third-order valence-electron chi connectivity index (χ3n) is 3.79. The number of anilines is 2. The predicted octanol–water partition coefficient (Wildman–Crippen LogP) is 2.92. The van der Waals surface area contributed by atoms with Gasteiger partial charge in [-0.2, -0.15) is 0 Å². The van der Waals surface area contributed by atoms with Crippen molar-refractivity contribution in [2.24, 2.45) is 0 Å². The second-order valence-corrected chi connectivity index (χ2v) is 5.00. The maximum atomic E-state index is 13.4. The number of rotatable bonds is 1. The lowest BCUT2D eigenvalue weighted by molar-refractivity contribution is 0.0989. The first-order chi connectivity index (χ1) is 9.58. The standard InChI is InChI=1S/C16H15FN2O/c1-10-13(3-2-4-14(10)18)16(20)19-8-7-11-5-6-12(17)9-15(11)19/h2-6,9H,7-8,18H2,1H3. The highest BCUT2D eigenvalue weighted by atomic mass is 19.1. The van der Waals surface area contributed by atoms with Crippen LogP contribution in [0.3, 0.4) is 0 Å². The Labute approximate surface area is 116 Å². The molecule has 0 unspecified atom stereocenters. The zero-order valence-corrected chi connectivity index (χ0v) is 11.2. The second kappa shape index (κ2) is 4.63. The molecular formula is C16H15FN2O. The Balaban J connectivity index is 2.02. The summed E-state index contributed by atoms with van der Waals surface area (Å²) in [5.41, 5.74) is 9.44. The van der Waals surface area contributed by atoms with Gasteiger partial charge >= 0.3 is 0 Å². The molecule has 0 radical (unpaired) electrons. The average Bonchev–Trinajstić information content (AvgIpc) is 2.84. The number of hydrogen-bond donors (Lipinski definition) is 1. The summed E-state index contributed by atoms with van der Waals surface area (Å²) in [5.74, 6) is -0.452. The van der Waals surface area contributed by atoms with Crippen molar-refractivity contribution in [3.8, 4) is 0 Å².